The van der Waals surface area contributed by atoms with Gasteiger partial charge in [0.1, 0.15) is 0 Å². The number of nitro benzene ring substituents is 1. The van der Waals surface area contributed by atoms with Crippen molar-refractivity contribution in [1.82, 2.24) is 4.98 Å². The first-order valence-corrected chi connectivity index (χ1v) is 6.25. The maximum atomic E-state index is 10.7. The van der Waals surface area contributed by atoms with Crippen molar-refractivity contribution >= 4 is 11.4 Å². The van der Waals surface area contributed by atoms with E-state index in [0.717, 1.165) is 11.3 Å². The molecule has 0 amide bonds. The molecule has 0 spiro atoms. The van der Waals surface area contributed by atoms with Crippen molar-refractivity contribution in [3.05, 3.63) is 58.3 Å². The Kier molecular flexibility index (Phi) is 4.49. The van der Waals surface area contributed by atoms with Gasteiger partial charge in [-0.1, -0.05) is 12.1 Å². The molecular weight excluding hydrogens is 258 g/mol. The topological polar surface area (TPSA) is 77.3 Å². The van der Waals surface area contributed by atoms with E-state index in [9.17, 15) is 10.1 Å². The zero-order valence-corrected chi connectivity index (χ0v) is 11.1. The van der Waals surface area contributed by atoms with Gasteiger partial charge in [0.2, 0.25) is 5.88 Å². The smallest absolute Gasteiger partial charge is 0.269 e. The molecule has 1 N–H and O–H groups in total. The highest BCUT2D eigenvalue weighted by Crippen LogP contribution is 2.22. The molecule has 0 aliphatic heterocycles. The second-order valence-corrected chi connectivity index (χ2v) is 4.07. The van der Waals surface area contributed by atoms with Gasteiger partial charge in [0, 0.05) is 24.9 Å². The Labute approximate surface area is 116 Å². The van der Waals surface area contributed by atoms with Crippen LogP contribution in [0, 0.1) is 10.1 Å². The highest BCUT2D eigenvalue weighted by atomic mass is 16.6. The molecule has 0 radical (unpaired) electrons. The van der Waals surface area contributed by atoms with Crippen LogP contribution in [0.2, 0.25) is 0 Å². The number of hydrogen-bond acceptors (Lipinski definition) is 5. The summed E-state index contributed by atoms with van der Waals surface area (Å²) in [5.41, 5.74) is 1.67. The number of aromatic nitrogens is 1. The van der Waals surface area contributed by atoms with Crippen LogP contribution in [0.4, 0.5) is 11.4 Å². The fourth-order valence-electron chi connectivity index (χ4n) is 1.75. The first-order valence-electron chi connectivity index (χ1n) is 6.25. The van der Waals surface area contributed by atoms with Crippen LogP contribution in [0.1, 0.15) is 12.5 Å². The van der Waals surface area contributed by atoms with E-state index in [4.69, 9.17) is 4.74 Å². The lowest BCUT2D eigenvalue weighted by Crippen LogP contribution is -2.04. The molecule has 104 valence electrons. The van der Waals surface area contributed by atoms with Gasteiger partial charge in [-0.15, -0.1) is 0 Å². The summed E-state index contributed by atoms with van der Waals surface area (Å²) in [5, 5.41) is 13.9. The fraction of sp³-hybridized carbons (Fsp3) is 0.214. The summed E-state index contributed by atoms with van der Waals surface area (Å²) in [6.07, 6.45) is 1.66. The van der Waals surface area contributed by atoms with Crippen molar-refractivity contribution in [1.29, 1.82) is 0 Å². The third-order valence-electron chi connectivity index (χ3n) is 2.66. The predicted octanol–water partition coefficient (Wildman–Crippen LogP) is 3.00. The van der Waals surface area contributed by atoms with Gasteiger partial charge in [0.05, 0.1) is 17.2 Å². The number of nitrogens with zero attached hydrogens (tertiary/aromatic N) is 2. The van der Waals surface area contributed by atoms with E-state index >= 15 is 0 Å². The van der Waals surface area contributed by atoms with Crippen molar-refractivity contribution in [2.75, 3.05) is 11.9 Å². The summed E-state index contributed by atoms with van der Waals surface area (Å²) < 4.78 is 5.41. The number of rotatable bonds is 6. The van der Waals surface area contributed by atoms with E-state index in [2.05, 4.69) is 10.3 Å². The summed E-state index contributed by atoms with van der Waals surface area (Å²) in [4.78, 5) is 14.5. The average molecular weight is 273 g/mol. The van der Waals surface area contributed by atoms with Crippen LogP contribution in [0.25, 0.3) is 0 Å². The summed E-state index contributed by atoms with van der Waals surface area (Å²) in [6, 6.07) is 10.2. The zero-order valence-electron chi connectivity index (χ0n) is 11.1. The Morgan fingerprint density at radius 1 is 1.35 bits per heavy atom. The molecule has 1 aromatic heterocycles. The quantitative estimate of drug-likeness (QED) is 0.646. The maximum Gasteiger partial charge on any atom is 0.269 e. The van der Waals surface area contributed by atoms with Crippen molar-refractivity contribution in [3.8, 4) is 5.88 Å². The number of pyridine rings is 1. The summed E-state index contributed by atoms with van der Waals surface area (Å²) in [6.45, 7) is 2.88. The fourth-order valence-corrected chi connectivity index (χ4v) is 1.75. The zero-order chi connectivity index (χ0) is 14.4. The van der Waals surface area contributed by atoms with E-state index in [1.54, 1.807) is 24.4 Å². The monoisotopic (exact) mass is 273 g/mol. The molecule has 0 aliphatic carbocycles. The molecule has 0 unspecified atom stereocenters. The highest BCUT2D eigenvalue weighted by molar-refractivity contribution is 5.52. The largest absolute Gasteiger partial charge is 0.476 e. The first kappa shape index (κ1) is 13.8. The maximum absolute atomic E-state index is 10.7. The number of nitrogens with one attached hydrogen (secondary N) is 1. The molecule has 6 heteroatoms. The summed E-state index contributed by atoms with van der Waals surface area (Å²) >= 11 is 0. The molecule has 0 fully saturated rings. The van der Waals surface area contributed by atoms with E-state index in [1.165, 1.54) is 6.07 Å². The molecule has 6 nitrogen and oxygen atoms in total. The van der Waals surface area contributed by atoms with E-state index in [0.29, 0.717) is 19.0 Å². The molecular formula is C14H15N3O3. The molecule has 2 rings (SSSR count). The van der Waals surface area contributed by atoms with Crippen molar-refractivity contribution < 1.29 is 9.66 Å². The van der Waals surface area contributed by atoms with Gasteiger partial charge in [0.15, 0.2) is 0 Å². The Bertz CT molecular complexity index is 602. The van der Waals surface area contributed by atoms with Gasteiger partial charge < -0.3 is 10.1 Å². The molecule has 20 heavy (non-hydrogen) atoms. The van der Waals surface area contributed by atoms with Crippen LogP contribution in [0.5, 0.6) is 5.88 Å². The molecule has 2 aromatic rings. The molecule has 0 saturated heterocycles. The van der Waals surface area contributed by atoms with Crippen LogP contribution < -0.4 is 10.1 Å². The van der Waals surface area contributed by atoms with Crippen molar-refractivity contribution in [2.24, 2.45) is 0 Å². The number of anilines is 1. The normalized spacial score (nSPS) is 10.1. The summed E-state index contributed by atoms with van der Waals surface area (Å²) in [7, 11) is 0. The first-order chi connectivity index (χ1) is 9.70. The molecule has 0 atom stereocenters. The minimum atomic E-state index is -0.404. The third kappa shape index (κ3) is 3.44. The SMILES string of the molecule is CCOc1ncccc1NCc1cccc([N+](=O)[O-])c1. The van der Waals surface area contributed by atoms with Crippen LogP contribution >= 0.6 is 0 Å². The van der Waals surface area contributed by atoms with E-state index < -0.39 is 4.92 Å². The second kappa shape index (κ2) is 6.51. The number of ether oxygens (including phenoxy) is 1. The molecule has 0 bridgehead atoms. The minimum absolute atomic E-state index is 0.0838. The number of benzene rings is 1. The molecule has 0 saturated carbocycles. The molecule has 1 heterocycles. The standard InChI is InChI=1S/C14H15N3O3/c1-2-20-14-13(7-4-8-15-14)16-10-11-5-3-6-12(9-11)17(18)19/h3-9,16H,2,10H2,1H3. The van der Waals surface area contributed by atoms with Gasteiger partial charge in [-0.2, -0.15) is 0 Å². The lowest BCUT2D eigenvalue weighted by molar-refractivity contribution is -0.384. The Hall–Kier alpha value is -2.63. The van der Waals surface area contributed by atoms with Gasteiger partial charge in [0.25, 0.3) is 5.69 Å². The molecule has 1 aromatic carbocycles. The lowest BCUT2D eigenvalue weighted by Gasteiger charge is -2.10. The number of hydrogen-bond donors (Lipinski definition) is 1. The number of non-ortho nitro benzene ring substituents is 1. The average Bonchev–Trinajstić information content (AvgIpc) is 2.47. The van der Waals surface area contributed by atoms with Crippen molar-refractivity contribution in [2.45, 2.75) is 13.5 Å². The van der Waals surface area contributed by atoms with Crippen LogP contribution in [0.15, 0.2) is 42.6 Å². The van der Waals surface area contributed by atoms with Gasteiger partial charge in [-0.25, -0.2) is 4.98 Å². The van der Waals surface area contributed by atoms with Crippen LogP contribution in [-0.4, -0.2) is 16.5 Å². The van der Waals surface area contributed by atoms with Crippen molar-refractivity contribution in [3.63, 3.8) is 0 Å². The van der Waals surface area contributed by atoms with E-state index in [-0.39, 0.29) is 5.69 Å². The Morgan fingerprint density at radius 3 is 2.95 bits per heavy atom. The predicted molar refractivity (Wildman–Crippen MR) is 75.8 cm³/mol. The van der Waals surface area contributed by atoms with Gasteiger partial charge in [-0.05, 0) is 24.6 Å². The third-order valence-corrected chi connectivity index (χ3v) is 2.66. The Morgan fingerprint density at radius 2 is 2.20 bits per heavy atom. The second-order valence-electron chi connectivity index (χ2n) is 4.07. The summed E-state index contributed by atoms with van der Waals surface area (Å²) in [5.74, 6) is 0.528. The Balaban J connectivity index is 2.09. The van der Waals surface area contributed by atoms with Gasteiger partial charge in [-0.3, -0.25) is 10.1 Å². The van der Waals surface area contributed by atoms with E-state index in [1.807, 2.05) is 19.1 Å². The number of nitro groups is 1. The van der Waals surface area contributed by atoms with Gasteiger partial charge >= 0.3 is 0 Å². The molecule has 0 aliphatic rings. The lowest BCUT2D eigenvalue weighted by atomic mass is 10.2. The minimum Gasteiger partial charge on any atom is -0.476 e. The highest BCUT2D eigenvalue weighted by Gasteiger charge is 2.07. The van der Waals surface area contributed by atoms with Crippen LogP contribution in [0.3, 0.4) is 0 Å². The van der Waals surface area contributed by atoms with Crippen LogP contribution in [-0.2, 0) is 6.54 Å².